The molecule has 0 aromatic heterocycles. The van der Waals surface area contributed by atoms with Crippen LogP contribution in [0.2, 0.25) is 0 Å². The second-order valence-electron chi connectivity index (χ2n) is 5.08. The first-order chi connectivity index (χ1) is 13.6. The van der Waals surface area contributed by atoms with E-state index in [0.717, 1.165) is 19.3 Å². The van der Waals surface area contributed by atoms with E-state index in [1.807, 2.05) is 51.1 Å². The van der Waals surface area contributed by atoms with Gasteiger partial charge in [-0.15, -0.1) is 0 Å². The Balaban J connectivity index is -0.000000103. The van der Waals surface area contributed by atoms with E-state index in [4.69, 9.17) is 17.2 Å². The predicted octanol–water partition coefficient (Wildman–Crippen LogP) is 8.53. The standard InChI is InChI=1S/C5H5.C3F9Ge.3C3H8N.Hf/c1-2-4-5-3-1;4-1(5,6)13(2(7,8)9)3(10,11)12;3*1-2-3-4;/h1-5H;;3*4H,2-3H2,1H3;/q-1;;3*-1;+4. The molecule has 0 saturated heterocycles. The first-order valence-corrected chi connectivity index (χ1v) is 11.9. The van der Waals surface area contributed by atoms with Crippen molar-refractivity contribution in [3.05, 3.63) is 47.5 Å². The van der Waals surface area contributed by atoms with Crippen molar-refractivity contribution in [2.24, 2.45) is 0 Å². The minimum Gasteiger partial charge on any atom is -0.214 e. The maximum atomic E-state index is 11.3. The Labute approximate surface area is 201 Å². The van der Waals surface area contributed by atoms with Crippen LogP contribution in [0.5, 0.6) is 0 Å². The molecule has 31 heavy (non-hydrogen) atoms. The van der Waals surface area contributed by atoms with Crippen LogP contribution in [-0.2, 0) is 25.8 Å². The van der Waals surface area contributed by atoms with E-state index in [9.17, 15) is 39.5 Å². The molecule has 1 aromatic rings. The van der Waals surface area contributed by atoms with Crippen LogP contribution in [0.3, 0.4) is 0 Å². The van der Waals surface area contributed by atoms with Crippen molar-refractivity contribution < 1.29 is 65.4 Å². The zero-order valence-electron chi connectivity index (χ0n) is 17.5. The van der Waals surface area contributed by atoms with Crippen LogP contribution >= 0.6 is 0 Å². The molecule has 0 unspecified atom stereocenters. The molecule has 14 heteroatoms. The van der Waals surface area contributed by atoms with E-state index in [1.165, 1.54) is 0 Å². The van der Waals surface area contributed by atoms with Crippen molar-refractivity contribution in [3.63, 3.8) is 0 Å². The van der Waals surface area contributed by atoms with Crippen molar-refractivity contribution >= 4 is 14.3 Å². The molecule has 0 amide bonds. The maximum Gasteiger partial charge on any atom is 4.00 e. The van der Waals surface area contributed by atoms with Crippen molar-refractivity contribution in [2.75, 3.05) is 19.6 Å². The van der Waals surface area contributed by atoms with Crippen molar-refractivity contribution in [3.8, 4) is 0 Å². The number of hydrogen-bond donors (Lipinski definition) is 0. The zero-order valence-corrected chi connectivity index (χ0v) is 23.2. The fourth-order valence-corrected chi connectivity index (χ4v) is 2.83. The monoisotopic (exact) mass is 700 g/mol. The molecule has 1 aromatic carbocycles. The van der Waals surface area contributed by atoms with Crippen LogP contribution in [0.1, 0.15) is 40.0 Å². The minimum absolute atomic E-state index is 0. The molecule has 0 bridgehead atoms. The first kappa shape index (κ1) is 41.3. The molecule has 0 fully saturated rings. The van der Waals surface area contributed by atoms with Gasteiger partial charge < -0.3 is 17.2 Å². The molecule has 0 atom stereocenters. The smallest absolute Gasteiger partial charge is 0.214 e. The summed E-state index contributed by atoms with van der Waals surface area (Å²) < 4.78 is 102. The van der Waals surface area contributed by atoms with Gasteiger partial charge in [-0.1, -0.05) is 40.0 Å². The Morgan fingerprint density at radius 2 is 0.806 bits per heavy atom. The van der Waals surface area contributed by atoms with Gasteiger partial charge in [-0.3, -0.25) is 0 Å². The summed E-state index contributed by atoms with van der Waals surface area (Å²) in [6.45, 7) is 7.69. The third-order valence-electron chi connectivity index (χ3n) is 2.16. The van der Waals surface area contributed by atoms with E-state index < -0.39 is 29.4 Å². The van der Waals surface area contributed by atoms with Crippen LogP contribution in [0.15, 0.2) is 30.3 Å². The van der Waals surface area contributed by atoms with E-state index in [1.54, 1.807) is 0 Å². The largest absolute Gasteiger partial charge is 4.00 e. The maximum absolute atomic E-state index is 11.3. The number of halogens is 9. The summed E-state index contributed by atoms with van der Waals surface area (Å²) in [6, 6.07) is 10.0. The number of alkyl halides is 9. The predicted molar refractivity (Wildman–Crippen MR) is 104 cm³/mol. The average Bonchev–Trinajstić information content (AvgIpc) is 3.18. The summed E-state index contributed by atoms with van der Waals surface area (Å²) in [5.74, 6) is 0. The zero-order chi connectivity index (χ0) is 24.9. The van der Waals surface area contributed by atoms with Gasteiger partial charge in [0, 0.05) is 0 Å². The molecule has 3 nitrogen and oxygen atoms in total. The average molecular weight is 698 g/mol. The van der Waals surface area contributed by atoms with Crippen LogP contribution in [0.25, 0.3) is 17.2 Å². The number of rotatable bonds is 3. The third-order valence-corrected chi connectivity index (χ3v) is 5.72. The molecule has 0 heterocycles. The Hall–Kier alpha value is 0.0130. The van der Waals surface area contributed by atoms with Crippen LogP contribution in [0, 0.1) is 0 Å². The molecule has 3 N–H and O–H groups in total. The van der Waals surface area contributed by atoms with Crippen LogP contribution < -0.4 is 0 Å². The SMILES string of the molecule is CCC[NH-].CCC[NH-].CCC[NH-].F[C](F)(F)[Ge]([C](F)(F)F)[C](F)(F)F.[Hf+4].c1cc[cH-]c1. The molecule has 183 valence electrons. The van der Waals surface area contributed by atoms with Crippen LogP contribution in [-0.4, -0.2) is 49.0 Å². The number of nitrogens with one attached hydrogen (secondary N) is 3. The molecule has 1 rings (SSSR count). The Kier molecular flexibility index (Phi) is 32.8. The Bertz CT molecular complexity index is 360. The third kappa shape index (κ3) is 34.8. The summed E-state index contributed by atoms with van der Waals surface area (Å²) >= 11 is -7.10. The molecular weight excluding hydrogens is 668 g/mol. The molecule has 1 radical (unpaired) electrons. The summed E-state index contributed by atoms with van der Waals surface area (Å²) in [6.07, 6.45) is 2.96. The molecule has 0 saturated carbocycles. The molecule has 0 aliphatic heterocycles. The van der Waals surface area contributed by atoms with Gasteiger partial charge in [-0.2, -0.15) is 37.8 Å². The fraction of sp³-hybridized carbons (Fsp3) is 0.706. The minimum atomic E-state index is -7.10. The second-order valence-corrected chi connectivity index (χ2v) is 10.2. The van der Waals surface area contributed by atoms with Gasteiger partial charge >= 0.3 is 94.7 Å². The number of hydrogen-bond acceptors (Lipinski definition) is 0. The Morgan fingerprint density at radius 1 is 0.613 bits per heavy atom. The van der Waals surface area contributed by atoms with Crippen molar-refractivity contribution in [1.82, 2.24) is 0 Å². The molecule has 0 aliphatic carbocycles. The van der Waals surface area contributed by atoms with Gasteiger partial charge in [0.05, 0.1) is 0 Å². The summed E-state index contributed by atoms with van der Waals surface area (Å²) in [7, 11) is 0. The van der Waals surface area contributed by atoms with E-state index in [2.05, 4.69) is 0 Å². The molecule has 0 aliphatic rings. The van der Waals surface area contributed by atoms with Gasteiger partial charge in [0.1, 0.15) is 0 Å². The van der Waals surface area contributed by atoms with E-state index in [-0.39, 0.29) is 25.8 Å². The summed E-state index contributed by atoms with van der Waals surface area (Å²) in [5.41, 5.74) is 19.4. The van der Waals surface area contributed by atoms with Gasteiger partial charge in [0.25, 0.3) is 0 Å². The van der Waals surface area contributed by atoms with Gasteiger partial charge in [-0.25, -0.2) is 12.1 Å². The quantitative estimate of drug-likeness (QED) is 0.173. The van der Waals surface area contributed by atoms with E-state index >= 15 is 0 Å². The first-order valence-electron chi connectivity index (χ1n) is 8.80. The topological polar surface area (TPSA) is 71.4 Å². The van der Waals surface area contributed by atoms with Crippen LogP contribution in [0.4, 0.5) is 39.5 Å². The van der Waals surface area contributed by atoms with Gasteiger partial charge in [-0.05, 0) is 0 Å². The van der Waals surface area contributed by atoms with E-state index in [0.29, 0.717) is 19.6 Å². The molecular formula is C17H29F9GeHfN3. The van der Waals surface area contributed by atoms with Crippen molar-refractivity contribution in [2.45, 2.75) is 55.1 Å². The van der Waals surface area contributed by atoms with Gasteiger partial charge in [0.15, 0.2) is 0 Å². The van der Waals surface area contributed by atoms with Gasteiger partial charge in [0.2, 0.25) is 0 Å². The molecule has 0 spiro atoms. The summed E-state index contributed by atoms with van der Waals surface area (Å²) in [4.78, 5) is 0. The second kappa shape index (κ2) is 24.7. The van der Waals surface area contributed by atoms with Crippen molar-refractivity contribution in [1.29, 1.82) is 0 Å². The fourth-order valence-electron chi connectivity index (χ4n) is 0.803. The Morgan fingerprint density at radius 3 is 0.839 bits per heavy atom. The summed E-state index contributed by atoms with van der Waals surface area (Å²) in [5, 5.41) is -18.6. The normalized spacial score (nSPS) is 10.6.